The van der Waals surface area contributed by atoms with Crippen LogP contribution in [0, 0.1) is 0 Å². The second kappa shape index (κ2) is 9.20. The average molecular weight is 458 g/mol. The van der Waals surface area contributed by atoms with Crippen LogP contribution < -0.4 is 10.0 Å². The van der Waals surface area contributed by atoms with E-state index in [2.05, 4.69) is 10.0 Å². The van der Waals surface area contributed by atoms with Crippen LogP contribution in [-0.4, -0.2) is 39.2 Å². The average Bonchev–Trinajstić information content (AvgIpc) is 2.75. The van der Waals surface area contributed by atoms with E-state index in [-0.39, 0.29) is 27.0 Å². The van der Waals surface area contributed by atoms with Crippen molar-refractivity contribution in [1.29, 1.82) is 0 Å². The fourth-order valence-electron chi connectivity index (χ4n) is 2.72. The van der Waals surface area contributed by atoms with Crippen molar-refractivity contribution in [2.24, 2.45) is 0 Å². The zero-order chi connectivity index (χ0) is 22.6. The molecule has 2 amide bonds. The first-order chi connectivity index (χ1) is 14.7. The molecule has 3 aromatic carbocycles. The lowest BCUT2D eigenvalue weighted by molar-refractivity contribution is 0.0827. The van der Waals surface area contributed by atoms with Gasteiger partial charge in [0.05, 0.1) is 15.5 Å². The van der Waals surface area contributed by atoms with Crippen molar-refractivity contribution < 1.29 is 18.0 Å². The molecule has 0 aliphatic heterocycles. The van der Waals surface area contributed by atoms with E-state index in [1.54, 1.807) is 50.5 Å². The predicted molar refractivity (Wildman–Crippen MR) is 121 cm³/mol. The summed E-state index contributed by atoms with van der Waals surface area (Å²) in [6, 6.07) is 18.6. The number of amides is 2. The molecular weight excluding hydrogens is 438 g/mol. The van der Waals surface area contributed by atoms with E-state index < -0.39 is 15.9 Å². The number of halogens is 1. The Balaban J connectivity index is 1.75. The number of nitrogens with one attached hydrogen (secondary N) is 2. The molecule has 0 heterocycles. The smallest absolute Gasteiger partial charge is 0.261 e. The van der Waals surface area contributed by atoms with Crippen molar-refractivity contribution in [3.8, 4) is 0 Å². The first-order valence-electron chi connectivity index (χ1n) is 9.18. The number of para-hydroxylation sites is 1. The zero-order valence-electron chi connectivity index (χ0n) is 16.8. The maximum atomic E-state index is 12.6. The van der Waals surface area contributed by atoms with Gasteiger partial charge >= 0.3 is 0 Å². The fraction of sp³-hybridized carbons (Fsp3) is 0.0909. The van der Waals surface area contributed by atoms with E-state index in [0.717, 1.165) is 0 Å². The van der Waals surface area contributed by atoms with E-state index in [0.29, 0.717) is 11.4 Å². The van der Waals surface area contributed by atoms with Crippen molar-refractivity contribution in [1.82, 2.24) is 4.90 Å². The summed E-state index contributed by atoms with van der Waals surface area (Å²) in [4.78, 5) is 26.2. The highest BCUT2D eigenvalue weighted by molar-refractivity contribution is 7.92. The largest absolute Gasteiger partial charge is 0.345 e. The summed E-state index contributed by atoms with van der Waals surface area (Å²) in [6.07, 6.45) is 0. The molecule has 0 aliphatic carbocycles. The number of rotatable bonds is 6. The van der Waals surface area contributed by atoms with Gasteiger partial charge in [0.15, 0.2) is 0 Å². The van der Waals surface area contributed by atoms with Gasteiger partial charge in [-0.1, -0.05) is 29.8 Å². The number of sulfonamides is 1. The number of hydrogen-bond donors (Lipinski definition) is 2. The molecule has 0 aromatic heterocycles. The SMILES string of the molecule is CN(C)C(=O)c1cc(NC(=O)c2ccc(S(=O)(=O)Nc3ccccc3)cc2)ccc1Cl. The second-order valence-electron chi connectivity index (χ2n) is 6.84. The second-order valence-corrected chi connectivity index (χ2v) is 8.93. The molecule has 160 valence electrons. The Morgan fingerprint density at radius 2 is 1.52 bits per heavy atom. The minimum absolute atomic E-state index is 0.0262. The van der Waals surface area contributed by atoms with Crippen molar-refractivity contribution >= 4 is 44.8 Å². The summed E-state index contributed by atoms with van der Waals surface area (Å²) in [5.74, 6) is -0.743. The van der Waals surface area contributed by atoms with Crippen LogP contribution in [0.4, 0.5) is 11.4 Å². The number of benzene rings is 3. The normalized spacial score (nSPS) is 10.9. The molecule has 2 N–H and O–H groups in total. The third kappa shape index (κ3) is 5.42. The van der Waals surface area contributed by atoms with Gasteiger partial charge in [-0.2, -0.15) is 0 Å². The fourth-order valence-corrected chi connectivity index (χ4v) is 3.97. The maximum absolute atomic E-state index is 12.6. The van der Waals surface area contributed by atoms with Crippen molar-refractivity contribution in [2.45, 2.75) is 4.90 Å². The third-order valence-corrected chi connectivity index (χ3v) is 6.04. The Hall–Kier alpha value is -3.36. The Bertz CT molecular complexity index is 1210. The lowest BCUT2D eigenvalue weighted by Gasteiger charge is -2.13. The maximum Gasteiger partial charge on any atom is 0.261 e. The Kier molecular flexibility index (Phi) is 6.62. The van der Waals surface area contributed by atoms with E-state index in [9.17, 15) is 18.0 Å². The van der Waals surface area contributed by atoms with Gasteiger partial charge in [-0.15, -0.1) is 0 Å². The molecule has 9 heteroatoms. The van der Waals surface area contributed by atoms with E-state index >= 15 is 0 Å². The molecule has 0 unspecified atom stereocenters. The van der Waals surface area contributed by atoms with E-state index in [1.807, 2.05) is 0 Å². The highest BCUT2D eigenvalue weighted by atomic mass is 35.5. The summed E-state index contributed by atoms with van der Waals surface area (Å²) < 4.78 is 27.5. The first-order valence-corrected chi connectivity index (χ1v) is 11.0. The Morgan fingerprint density at radius 3 is 2.13 bits per heavy atom. The van der Waals surface area contributed by atoms with Crippen LogP contribution in [0.3, 0.4) is 0 Å². The van der Waals surface area contributed by atoms with Crippen LogP contribution in [0.2, 0.25) is 5.02 Å². The summed E-state index contributed by atoms with van der Waals surface area (Å²) >= 11 is 6.08. The molecule has 3 rings (SSSR count). The van der Waals surface area contributed by atoms with Gasteiger partial charge in [0, 0.05) is 31.0 Å². The van der Waals surface area contributed by atoms with Crippen molar-refractivity contribution in [3.05, 3.63) is 88.9 Å². The van der Waals surface area contributed by atoms with Crippen molar-refractivity contribution in [3.63, 3.8) is 0 Å². The highest BCUT2D eigenvalue weighted by Crippen LogP contribution is 2.23. The topological polar surface area (TPSA) is 95.6 Å². The number of carbonyl (C=O) groups is 2. The van der Waals surface area contributed by atoms with Crippen LogP contribution in [0.5, 0.6) is 0 Å². The van der Waals surface area contributed by atoms with E-state index in [1.165, 1.54) is 41.3 Å². The predicted octanol–water partition coefficient (Wildman–Crippen LogP) is 4.09. The van der Waals surface area contributed by atoms with Gasteiger partial charge in [0.25, 0.3) is 21.8 Å². The number of nitrogens with zero attached hydrogens (tertiary/aromatic N) is 1. The van der Waals surface area contributed by atoms with Crippen LogP contribution in [0.1, 0.15) is 20.7 Å². The summed E-state index contributed by atoms with van der Waals surface area (Å²) in [5, 5.41) is 2.96. The van der Waals surface area contributed by atoms with Gasteiger partial charge in [0.2, 0.25) is 0 Å². The summed E-state index contributed by atoms with van der Waals surface area (Å²) in [5.41, 5.74) is 1.35. The van der Waals surface area contributed by atoms with Gasteiger partial charge in [-0.3, -0.25) is 14.3 Å². The highest BCUT2D eigenvalue weighted by Gasteiger charge is 2.17. The lowest BCUT2D eigenvalue weighted by atomic mass is 10.1. The monoisotopic (exact) mass is 457 g/mol. The van der Waals surface area contributed by atoms with Gasteiger partial charge < -0.3 is 10.2 Å². The number of anilines is 2. The van der Waals surface area contributed by atoms with Crippen LogP contribution in [0.15, 0.2) is 77.7 Å². The molecule has 0 saturated carbocycles. The molecule has 31 heavy (non-hydrogen) atoms. The molecule has 7 nitrogen and oxygen atoms in total. The molecule has 0 saturated heterocycles. The van der Waals surface area contributed by atoms with Gasteiger partial charge in [0.1, 0.15) is 0 Å². The van der Waals surface area contributed by atoms with Gasteiger partial charge in [-0.25, -0.2) is 8.42 Å². The summed E-state index contributed by atoms with van der Waals surface area (Å²) in [7, 11) is -0.575. The zero-order valence-corrected chi connectivity index (χ0v) is 18.4. The number of hydrogen-bond acceptors (Lipinski definition) is 4. The molecule has 0 bridgehead atoms. The van der Waals surface area contributed by atoms with E-state index in [4.69, 9.17) is 11.6 Å². The molecular formula is C22H20ClN3O4S. The third-order valence-electron chi connectivity index (χ3n) is 4.31. The lowest BCUT2D eigenvalue weighted by Crippen LogP contribution is -2.22. The standard InChI is InChI=1S/C22H20ClN3O4S/c1-26(2)22(28)19-14-17(10-13-20(19)23)24-21(27)15-8-11-18(12-9-15)31(29,30)25-16-6-4-3-5-7-16/h3-14,25H,1-2H3,(H,24,27). The van der Waals surface area contributed by atoms with Crippen LogP contribution >= 0.6 is 11.6 Å². The minimum Gasteiger partial charge on any atom is -0.345 e. The molecule has 0 fully saturated rings. The first kappa shape index (κ1) is 22.3. The Labute approximate surface area is 185 Å². The van der Waals surface area contributed by atoms with Crippen molar-refractivity contribution in [2.75, 3.05) is 24.1 Å². The Morgan fingerprint density at radius 1 is 0.871 bits per heavy atom. The number of carbonyl (C=O) groups excluding carboxylic acids is 2. The quantitative estimate of drug-likeness (QED) is 0.582. The molecule has 0 spiro atoms. The van der Waals surface area contributed by atoms with Crippen LogP contribution in [-0.2, 0) is 10.0 Å². The molecule has 0 aliphatic rings. The summed E-state index contributed by atoms with van der Waals surface area (Å²) in [6.45, 7) is 0. The van der Waals surface area contributed by atoms with Crippen LogP contribution in [0.25, 0.3) is 0 Å². The van der Waals surface area contributed by atoms with Gasteiger partial charge in [-0.05, 0) is 54.6 Å². The molecule has 0 atom stereocenters. The molecule has 3 aromatic rings. The minimum atomic E-state index is -3.78. The molecule has 0 radical (unpaired) electrons.